The van der Waals surface area contributed by atoms with Crippen molar-refractivity contribution in [2.75, 3.05) is 18.0 Å². The van der Waals surface area contributed by atoms with Gasteiger partial charge in [-0.05, 0) is 44.2 Å². The van der Waals surface area contributed by atoms with Crippen LogP contribution in [0.1, 0.15) is 13.8 Å². The highest BCUT2D eigenvalue weighted by Crippen LogP contribution is 2.45. The summed E-state index contributed by atoms with van der Waals surface area (Å²) in [5, 5.41) is 1.78. The summed E-state index contributed by atoms with van der Waals surface area (Å²) in [4.78, 5) is 6.71. The molecular formula is C21H23N2S2+. The van der Waals surface area contributed by atoms with Crippen molar-refractivity contribution < 1.29 is 4.90 Å². The molecule has 4 rings (SSSR count). The van der Waals surface area contributed by atoms with Crippen molar-refractivity contribution >= 4 is 34.9 Å². The number of rotatable bonds is 4. The molecule has 0 spiro atoms. The van der Waals surface area contributed by atoms with Gasteiger partial charge < -0.3 is 4.90 Å². The summed E-state index contributed by atoms with van der Waals surface area (Å²) in [5.74, 6) is 0. The number of nitrogens with one attached hydrogen (secondary N) is 1. The molecule has 0 aliphatic carbocycles. The number of hydrogen-bond donors (Lipinski definition) is 1. The fourth-order valence-corrected chi connectivity index (χ4v) is 5.99. The molecular weight excluding hydrogens is 344 g/mol. The van der Waals surface area contributed by atoms with E-state index in [-0.39, 0.29) is 0 Å². The molecule has 0 aromatic heterocycles. The van der Waals surface area contributed by atoms with Crippen molar-refractivity contribution in [2.45, 2.75) is 29.0 Å². The molecule has 0 bridgehead atoms. The van der Waals surface area contributed by atoms with Gasteiger partial charge >= 0.3 is 0 Å². The van der Waals surface area contributed by atoms with Gasteiger partial charge in [-0.25, -0.2) is 0 Å². The van der Waals surface area contributed by atoms with Crippen LogP contribution in [-0.4, -0.2) is 18.5 Å². The molecule has 2 unspecified atom stereocenters. The Balaban J connectivity index is 1.53. The minimum Gasteiger partial charge on any atom is -0.335 e. The summed E-state index contributed by atoms with van der Waals surface area (Å²) in [7, 11) is 0. The zero-order chi connectivity index (χ0) is 17.2. The Morgan fingerprint density at radius 2 is 1.80 bits per heavy atom. The number of nitrogens with zero attached hydrogens (tertiary/aromatic N) is 1. The van der Waals surface area contributed by atoms with E-state index in [1.54, 1.807) is 4.90 Å². The Bertz CT molecular complexity index is 828. The third-order valence-corrected chi connectivity index (χ3v) is 7.13. The lowest BCUT2D eigenvalue weighted by molar-refractivity contribution is -0.833. The number of benzene rings is 2. The molecule has 2 aromatic rings. The lowest BCUT2D eigenvalue weighted by atomic mass is 10.3. The lowest BCUT2D eigenvalue weighted by Crippen LogP contribution is -3.08. The van der Waals surface area contributed by atoms with Crippen molar-refractivity contribution in [3.8, 4) is 0 Å². The average molecular weight is 368 g/mol. The van der Waals surface area contributed by atoms with Crippen LogP contribution in [0.4, 0.5) is 11.4 Å². The zero-order valence-corrected chi connectivity index (χ0v) is 16.2. The van der Waals surface area contributed by atoms with E-state index in [0.29, 0.717) is 5.37 Å². The third kappa shape index (κ3) is 3.14. The average Bonchev–Trinajstić information content (AvgIpc) is 3.18. The first-order valence-corrected chi connectivity index (χ1v) is 10.6. The van der Waals surface area contributed by atoms with Crippen LogP contribution in [0.5, 0.6) is 0 Å². The van der Waals surface area contributed by atoms with E-state index in [1.807, 2.05) is 23.5 Å². The number of thioether (sulfide) groups is 2. The van der Waals surface area contributed by atoms with E-state index in [1.165, 1.54) is 26.2 Å². The standard InChI is InChI=1S/C21H22N2S2/c1-3-22-16-10-5-7-12-18(16)24-20(22)14-9-15-21-23(4-2)17-11-6-8-13-19(17)25-21/h5-15,20H,3-4H2,1-2H3/p+1. The summed E-state index contributed by atoms with van der Waals surface area (Å²) in [6.45, 7) is 6.59. The second-order valence-corrected chi connectivity index (χ2v) is 8.36. The topological polar surface area (TPSA) is 7.68 Å². The third-order valence-electron chi connectivity index (χ3n) is 4.69. The van der Waals surface area contributed by atoms with Gasteiger partial charge in [-0.2, -0.15) is 0 Å². The highest BCUT2D eigenvalue weighted by molar-refractivity contribution is 8.03. The second kappa shape index (κ2) is 7.32. The first-order valence-electron chi connectivity index (χ1n) is 8.86. The Morgan fingerprint density at radius 1 is 1.04 bits per heavy atom. The van der Waals surface area contributed by atoms with Crippen molar-refractivity contribution in [3.05, 3.63) is 71.8 Å². The van der Waals surface area contributed by atoms with Crippen molar-refractivity contribution in [1.29, 1.82) is 0 Å². The lowest BCUT2D eigenvalue weighted by Gasteiger charge is -2.18. The molecule has 4 heteroatoms. The summed E-state index contributed by atoms with van der Waals surface area (Å²) in [6, 6.07) is 17.4. The molecule has 0 radical (unpaired) electrons. The summed E-state index contributed by atoms with van der Waals surface area (Å²) < 4.78 is 0. The first-order chi connectivity index (χ1) is 12.3. The maximum absolute atomic E-state index is 2.39. The predicted octanol–water partition coefficient (Wildman–Crippen LogP) is 4.68. The molecule has 0 fully saturated rings. The summed E-state index contributed by atoms with van der Waals surface area (Å²) in [5.41, 5.74) is 2.77. The van der Waals surface area contributed by atoms with Gasteiger partial charge in [0.1, 0.15) is 5.69 Å². The molecule has 2 heterocycles. The number of quaternary nitrogens is 1. The quantitative estimate of drug-likeness (QED) is 0.839. The number of allylic oxidation sites excluding steroid dienone is 2. The monoisotopic (exact) mass is 367 g/mol. The molecule has 2 aliphatic heterocycles. The summed E-state index contributed by atoms with van der Waals surface area (Å²) in [6.07, 6.45) is 6.87. The van der Waals surface area contributed by atoms with Gasteiger partial charge in [0.15, 0.2) is 5.37 Å². The van der Waals surface area contributed by atoms with Crippen LogP contribution in [0.15, 0.2) is 81.6 Å². The van der Waals surface area contributed by atoms with Crippen molar-refractivity contribution in [1.82, 2.24) is 0 Å². The number of likely N-dealkylation sites (N-methyl/N-ethyl adjacent to an activating group) is 1. The number of hydrogen-bond acceptors (Lipinski definition) is 3. The molecule has 1 N–H and O–H groups in total. The van der Waals surface area contributed by atoms with E-state index in [0.717, 1.165) is 13.1 Å². The molecule has 0 saturated carbocycles. The van der Waals surface area contributed by atoms with Crippen molar-refractivity contribution in [2.24, 2.45) is 0 Å². The van der Waals surface area contributed by atoms with Crippen LogP contribution in [0, 0.1) is 0 Å². The van der Waals surface area contributed by atoms with Crippen LogP contribution in [-0.2, 0) is 0 Å². The van der Waals surface area contributed by atoms with Gasteiger partial charge in [0, 0.05) is 17.5 Å². The fraction of sp³-hybridized carbons (Fsp3) is 0.238. The van der Waals surface area contributed by atoms with Gasteiger partial charge in [0.25, 0.3) is 0 Å². The van der Waals surface area contributed by atoms with E-state index >= 15 is 0 Å². The highest BCUT2D eigenvalue weighted by Gasteiger charge is 2.32. The molecule has 0 amide bonds. The first kappa shape index (κ1) is 16.8. The maximum Gasteiger partial charge on any atom is 0.163 e. The minimum absolute atomic E-state index is 0.461. The second-order valence-electron chi connectivity index (χ2n) is 6.12. The normalized spacial score (nSPS) is 23.4. The number of fused-ring (bicyclic) bond motifs is 2. The van der Waals surface area contributed by atoms with E-state index in [9.17, 15) is 0 Å². The Hall–Kier alpha value is -1.62. The Kier molecular flexibility index (Phi) is 4.93. The predicted molar refractivity (Wildman–Crippen MR) is 110 cm³/mol. The van der Waals surface area contributed by atoms with Crippen LogP contribution < -0.4 is 9.80 Å². The molecule has 128 valence electrons. The van der Waals surface area contributed by atoms with Crippen molar-refractivity contribution in [3.63, 3.8) is 0 Å². The smallest absolute Gasteiger partial charge is 0.163 e. The summed E-state index contributed by atoms with van der Waals surface area (Å²) >= 11 is 3.84. The van der Waals surface area contributed by atoms with Gasteiger partial charge in [0.2, 0.25) is 0 Å². The SMILES string of the molecule is CCN1C(=CC=CC2Sc3ccccc3[NH+]2CC)Sc2ccccc21. The minimum atomic E-state index is 0.461. The van der Waals surface area contributed by atoms with Crippen LogP contribution in [0.25, 0.3) is 0 Å². The van der Waals surface area contributed by atoms with Gasteiger partial charge in [-0.1, -0.05) is 53.9 Å². The molecule has 2 aromatic carbocycles. The number of anilines is 1. The van der Waals surface area contributed by atoms with Crippen LogP contribution in [0.2, 0.25) is 0 Å². The van der Waals surface area contributed by atoms with E-state index in [2.05, 4.69) is 85.5 Å². The molecule has 2 aliphatic rings. The van der Waals surface area contributed by atoms with Gasteiger partial charge in [0.05, 0.1) is 22.2 Å². The van der Waals surface area contributed by atoms with Gasteiger partial charge in [-0.15, -0.1) is 0 Å². The molecule has 25 heavy (non-hydrogen) atoms. The van der Waals surface area contributed by atoms with E-state index < -0.39 is 0 Å². The zero-order valence-electron chi connectivity index (χ0n) is 14.6. The molecule has 0 saturated heterocycles. The largest absolute Gasteiger partial charge is 0.335 e. The van der Waals surface area contributed by atoms with Crippen LogP contribution >= 0.6 is 23.5 Å². The molecule has 2 nitrogen and oxygen atoms in total. The Morgan fingerprint density at radius 3 is 2.60 bits per heavy atom. The van der Waals surface area contributed by atoms with Gasteiger partial charge in [-0.3, -0.25) is 4.90 Å². The maximum atomic E-state index is 2.39. The van der Waals surface area contributed by atoms with E-state index in [4.69, 9.17) is 0 Å². The number of para-hydroxylation sites is 2. The van der Waals surface area contributed by atoms with Crippen LogP contribution in [0.3, 0.4) is 0 Å². The fourth-order valence-electron chi connectivity index (χ4n) is 3.48. The molecule has 2 atom stereocenters. The highest BCUT2D eigenvalue weighted by atomic mass is 32.2. The Labute approximate surface area is 158 Å².